The van der Waals surface area contributed by atoms with E-state index in [-0.39, 0.29) is 6.10 Å². The molecule has 0 radical (unpaired) electrons. The van der Waals surface area contributed by atoms with Crippen LogP contribution in [0.15, 0.2) is 11.8 Å². The van der Waals surface area contributed by atoms with E-state index in [1.807, 2.05) is 6.92 Å². The molecule has 0 aromatic carbocycles. The van der Waals surface area contributed by atoms with Crippen LogP contribution in [0.1, 0.15) is 26.2 Å². The van der Waals surface area contributed by atoms with Crippen LogP contribution in [0.3, 0.4) is 0 Å². The zero-order valence-electron chi connectivity index (χ0n) is 7.95. The predicted octanol–water partition coefficient (Wildman–Crippen LogP) is 1.22. The summed E-state index contributed by atoms with van der Waals surface area (Å²) < 4.78 is 10.6. The number of rotatable bonds is 1. The van der Waals surface area contributed by atoms with Crippen LogP contribution in [0.25, 0.3) is 0 Å². The van der Waals surface area contributed by atoms with Crippen LogP contribution in [0.4, 0.5) is 0 Å². The molecule has 1 N–H and O–H groups in total. The van der Waals surface area contributed by atoms with Gasteiger partial charge in [0, 0.05) is 6.42 Å². The lowest BCUT2D eigenvalue weighted by Gasteiger charge is -2.30. The molecule has 13 heavy (non-hydrogen) atoms. The van der Waals surface area contributed by atoms with Gasteiger partial charge >= 0.3 is 0 Å². The van der Waals surface area contributed by atoms with E-state index in [4.69, 9.17) is 9.47 Å². The number of hydrogen-bond acceptors (Lipinski definition) is 3. The molecular formula is C10H16O3. The van der Waals surface area contributed by atoms with E-state index in [2.05, 4.69) is 0 Å². The highest BCUT2D eigenvalue weighted by Gasteiger charge is 2.43. The van der Waals surface area contributed by atoms with Crippen LogP contribution in [0.5, 0.6) is 0 Å². The van der Waals surface area contributed by atoms with E-state index in [0.717, 1.165) is 25.0 Å². The lowest BCUT2D eigenvalue weighted by molar-refractivity contribution is -0.00826. The van der Waals surface area contributed by atoms with Crippen molar-refractivity contribution in [3.8, 4) is 0 Å². The highest BCUT2D eigenvalue weighted by atomic mass is 16.5. The minimum atomic E-state index is -0.763. The van der Waals surface area contributed by atoms with Gasteiger partial charge in [-0.3, -0.25) is 0 Å². The lowest BCUT2D eigenvalue weighted by Crippen LogP contribution is -2.39. The second-order valence-corrected chi connectivity index (χ2v) is 3.80. The molecule has 0 aromatic heterocycles. The van der Waals surface area contributed by atoms with Crippen LogP contribution in [0, 0.1) is 0 Å². The van der Waals surface area contributed by atoms with E-state index in [1.54, 1.807) is 6.26 Å². The van der Waals surface area contributed by atoms with Gasteiger partial charge in [0.2, 0.25) is 0 Å². The molecule has 1 saturated heterocycles. The Morgan fingerprint density at radius 1 is 1.54 bits per heavy atom. The second-order valence-electron chi connectivity index (χ2n) is 3.80. The fourth-order valence-electron chi connectivity index (χ4n) is 2.04. The van der Waals surface area contributed by atoms with Crippen molar-refractivity contribution in [1.82, 2.24) is 0 Å². The fourth-order valence-corrected chi connectivity index (χ4v) is 2.04. The minimum Gasteiger partial charge on any atom is -0.501 e. The van der Waals surface area contributed by atoms with Gasteiger partial charge in [-0.25, -0.2) is 0 Å². The van der Waals surface area contributed by atoms with Gasteiger partial charge in [-0.15, -0.1) is 0 Å². The first kappa shape index (κ1) is 9.03. The van der Waals surface area contributed by atoms with E-state index in [0.29, 0.717) is 13.0 Å². The minimum absolute atomic E-state index is 0.0968. The Bertz CT molecular complexity index is 224. The standard InChI is InChI=1S/C10H16O3/c1-8-10(11,4-6-13-8)9-3-2-5-12-7-9/h7-8,11H,2-6H2,1H3. The zero-order chi connectivity index (χ0) is 9.31. The molecule has 0 spiro atoms. The zero-order valence-corrected chi connectivity index (χ0v) is 7.95. The second kappa shape index (κ2) is 3.31. The van der Waals surface area contributed by atoms with Crippen molar-refractivity contribution in [3.05, 3.63) is 11.8 Å². The van der Waals surface area contributed by atoms with Crippen molar-refractivity contribution in [2.75, 3.05) is 13.2 Å². The fraction of sp³-hybridized carbons (Fsp3) is 0.800. The highest BCUT2D eigenvalue weighted by molar-refractivity contribution is 5.20. The van der Waals surface area contributed by atoms with Crippen molar-refractivity contribution >= 4 is 0 Å². The van der Waals surface area contributed by atoms with Crippen LogP contribution >= 0.6 is 0 Å². The van der Waals surface area contributed by atoms with Gasteiger partial charge < -0.3 is 14.6 Å². The van der Waals surface area contributed by atoms with Crippen LogP contribution in [-0.4, -0.2) is 30.0 Å². The van der Waals surface area contributed by atoms with E-state index in [9.17, 15) is 5.11 Å². The van der Waals surface area contributed by atoms with Gasteiger partial charge in [-0.2, -0.15) is 0 Å². The molecule has 2 aliphatic rings. The summed E-state index contributed by atoms with van der Waals surface area (Å²) in [5, 5.41) is 10.3. The highest BCUT2D eigenvalue weighted by Crippen LogP contribution is 2.36. The van der Waals surface area contributed by atoms with Gasteiger partial charge in [0.25, 0.3) is 0 Å². The summed E-state index contributed by atoms with van der Waals surface area (Å²) in [6, 6.07) is 0. The van der Waals surface area contributed by atoms with Crippen molar-refractivity contribution < 1.29 is 14.6 Å². The summed E-state index contributed by atoms with van der Waals surface area (Å²) in [6.45, 7) is 3.34. The van der Waals surface area contributed by atoms with E-state index < -0.39 is 5.60 Å². The molecule has 0 aliphatic carbocycles. The third-order valence-corrected chi connectivity index (χ3v) is 3.01. The van der Waals surface area contributed by atoms with Gasteiger partial charge in [0.15, 0.2) is 0 Å². The average molecular weight is 184 g/mol. The molecule has 2 rings (SSSR count). The molecule has 0 saturated carbocycles. The summed E-state index contributed by atoms with van der Waals surface area (Å²) in [6.07, 6.45) is 4.25. The molecule has 74 valence electrons. The normalized spacial score (nSPS) is 39.8. The Balaban J connectivity index is 2.17. The third-order valence-electron chi connectivity index (χ3n) is 3.01. The Morgan fingerprint density at radius 2 is 2.38 bits per heavy atom. The Kier molecular flexibility index (Phi) is 2.30. The summed E-state index contributed by atoms with van der Waals surface area (Å²) in [5.74, 6) is 0. The van der Waals surface area contributed by atoms with Crippen molar-refractivity contribution in [3.63, 3.8) is 0 Å². The van der Waals surface area contributed by atoms with Gasteiger partial charge in [-0.05, 0) is 25.3 Å². The first-order valence-corrected chi connectivity index (χ1v) is 4.88. The maximum Gasteiger partial charge on any atom is 0.117 e. The smallest absolute Gasteiger partial charge is 0.117 e. The summed E-state index contributed by atoms with van der Waals surface area (Å²) in [7, 11) is 0. The van der Waals surface area contributed by atoms with Crippen molar-refractivity contribution in [2.45, 2.75) is 37.9 Å². The Hall–Kier alpha value is -0.540. The first-order chi connectivity index (χ1) is 6.23. The van der Waals surface area contributed by atoms with Gasteiger partial charge in [-0.1, -0.05) is 0 Å². The first-order valence-electron chi connectivity index (χ1n) is 4.88. The number of hydrogen-bond donors (Lipinski definition) is 1. The molecule has 2 unspecified atom stereocenters. The van der Waals surface area contributed by atoms with Crippen LogP contribution in [0.2, 0.25) is 0 Å². The number of aliphatic hydroxyl groups is 1. The SMILES string of the molecule is CC1OCCC1(O)C1=COCCC1. The molecular weight excluding hydrogens is 168 g/mol. The molecule has 3 heteroatoms. The van der Waals surface area contributed by atoms with E-state index >= 15 is 0 Å². The molecule has 2 heterocycles. The topological polar surface area (TPSA) is 38.7 Å². The van der Waals surface area contributed by atoms with Gasteiger partial charge in [0.05, 0.1) is 25.6 Å². The van der Waals surface area contributed by atoms with Gasteiger partial charge in [0.1, 0.15) is 5.60 Å². The quantitative estimate of drug-likeness (QED) is 0.666. The van der Waals surface area contributed by atoms with Crippen LogP contribution in [-0.2, 0) is 9.47 Å². The number of ether oxygens (including phenoxy) is 2. The summed E-state index contributed by atoms with van der Waals surface area (Å²) in [5.41, 5.74) is 0.240. The predicted molar refractivity (Wildman–Crippen MR) is 48.2 cm³/mol. The van der Waals surface area contributed by atoms with Crippen molar-refractivity contribution in [2.24, 2.45) is 0 Å². The molecule has 2 atom stereocenters. The molecule has 0 amide bonds. The molecule has 0 bridgehead atoms. The third kappa shape index (κ3) is 1.46. The Labute approximate surface area is 78.3 Å². The monoisotopic (exact) mass is 184 g/mol. The average Bonchev–Trinajstić information content (AvgIpc) is 2.50. The molecule has 2 aliphatic heterocycles. The van der Waals surface area contributed by atoms with Crippen LogP contribution < -0.4 is 0 Å². The van der Waals surface area contributed by atoms with Crippen molar-refractivity contribution in [1.29, 1.82) is 0 Å². The Morgan fingerprint density at radius 3 is 2.92 bits per heavy atom. The molecule has 3 nitrogen and oxygen atoms in total. The largest absolute Gasteiger partial charge is 0.501 e. The molecule has 1 fully saturated rings. The van der Waals surface area contributed by atoms with E-state index in [1.165, 1.54) is 0 Å². The lowest BCUT2D eigenvalue weighted by atomic mass is 9.85. The summed E-state index contributed by atoms with van der Waals surface area (Å²) in [4.78, 5) is 0. The maximum atomic E-state index is 10.3. The summed E-state index contributed by atoms with van der Waals surface area (Å²) >= 11 is 0. The maximum absolute atomic E-state index is 10.3. The molecule has 0 aromatic rings.